The van der Waals surface area contributed by atoms with Gasteiger partial charge in [0.1, 0.15) is 0 Å². The number of methoxy groups -OCH3 is 1. The molecule has 1 aromatic rings. The topological polar surface area (TPSA) is 29.5 Å². The lowest BCUT2D eigenvalue weighted by atomic mass is 10.2. The molecule has 1 heterocycles. The first-order valence-electron chi connectivity index (χ1n) is 6.08. The van der Waals surface area contributed by atoms with Crippen molar-refractivity contribution in [2.45, 2.75) is 25.7 Å². The van der Waals surface area contributed by atoms with E-state index in [0.29, 0.717) is 6.61 Å². The van der Waals surface area contributed by atoms with Gasteiger partial charge in [0.25, 0.3) is 5.91 Å². The number of rotatable bonds is 5. The largest absolute Gasteiger partial charge is 0.385 e. The zero-order chi connectivity index (χ0) is 12.3. The van der Waals surface area contributed by atoms with E-state index in [2.05, 4.69) is 6.07 Å². The molecule has 0 spiro atoms. The number of ether oxygens (including phenoxy) is 1. The van der Waals surface area contributed by atoms with Gasteiger partial charge in [0, 0.05) is 32.2 Å². The molecule has 94 valence electrons. The number of hydrogen-bond donors (Lipinski definition) is 0. The molecule has 4 heteroatoms. The minimum absolute atomic E-state index is 0.153. The van der Waals surface area contributed by atoms with E-state index in [1.807, 2.05) is 7.05 Å². The molecule has 1 amide bonds. The van der Waals surface area contributed by atoms with E-state index in [-0.39, 0.29) is 5.91 Å². The maximum Gasteiger partial charge on any atom is 0.263 e. The van der Waals surface area contributed by atoms with Gasteiger partial charge in [0.2, 0.25) is 0 Å². The van der Waals surface area contributed by atoms with E-state index in [1.54, 1.807) is 23.3 Å². The summed E-state index contributed by atoms with van der Waals surface area (Å²) in [6.45, 7) is 1.47. The van der Waals surface area contributed by atoms with Crippen LogP contribution in [0.2, 0.25) is 0 Å². The molecular weight excluding hydrogens is 234 g/mol. The monoisotopic (exact) mass is 253 g/mol. The Morgan fingerprint density at radius 2 is 2.35 bits per heavy atom. The molecular formula is C13H19NO2S. The summed E-state index contributed by atoms with van der Waals surface area (Å²) < 4.78 is 4.99. The van der Waals surface area contributed by atoms with Crippen LogP contribution >= 0.6 is 11.3 Å². The first-order valence-corrected chi connectivity index (χ1v) is 6.90. The van der Waals surface area contributed by atoms with Gasteiger partial charge in [0.15, 0.2) is 0 Å². The summed E-state index contributed by atoms with van der Waals surface area (Å²) in [5.41, 5.74) is 1.39. The molecule has 0 radical (unpaired) electrons. The van der Waals surface area contributed by atoms with Crippen molar-refractivity contribution < 1.29 is 9.53 Å². The van der Waals surface area contributed by atoms with E-state index in [1.165, 1.54) is 16.9 Å². The van der Waals surface area contributed by atoms with Crippen molar-refractivity contribution in [2.24, 2.45) is 0 Å². The van der Waals surface area contributed by atoms with Crippen molar-refractivity contribution in [3.8, 4) is 0 Å². The van der Waals surface area contributed by atoms with Gasteiger partial charge in [-0.1, -0.05) is 0 Å². The molecule has 0 aliphatic heterocycles. The number of hydrogen-bond acceptors (Lipinski definition) is 3. The average Bonchev–Trinajstić information content (AvgIpc) is 2.88. The molecule has 3 nitrogen and oxygen atoms in total. The zero-order valence-electron chi connectivity index (χ0n) is 10.5. The molecule has 0 N–H and O–H groups in total. The fraction of sp³-hybridized carbons (Fsp3) is 0.615. The molecule has 0 bridgehead atoms. The quantitative estimate of drug-likeness (QED) is 0.754. The molecule has 0 saturated carbocycles. The van der Waals surface area contributed by atoms with Crippen LogP contribution < -0.4 is 0 Å². The van der Waals surface area contributed by atoms with Gasteiger partial charge in [-0.2, -0.15) is 0 Å². The van der Waals surface area contributed by atoms with Crippen LogP contribution in [0.4, 0.5) is 0 Å². The lowest BCUT2D eigenvalue weighted by molar-refractivity contribution is 0.0784. The third-order valence-corrected chi connectivity index (χ3v) is 4.37. The number of carbonyl (C=O) groups excluding carboxylic acids is 1. The minimum Gasteiger partial charge on any atom is -0.385 e. The van der Waals surface area contributed by atoms with Gasteiger partial charge in [-0.25, -0.2) is 0 Å². The molecule has 0 aromatic carbocycles. The maximum absolute atomic E-state index is 12.1. The van der Waals surface area contributed by atoms with Gasteiger partial charge >= 0.3 is 0 Å². The highest BCUT2D eigenvalue weighted by molar-refractivity contribution is 7.14. The van der Waals surface area contributed by atoms with Crippen molar-refractivity contribution in [3.63, 3.8) is 0 Å². The van der Waals surface area contributed by atoms with Crippen LogP contribution in [0.3, 0.4) is 0 Å². The lowest BCUT2D eigenvalue weighted by Crippen LogP contribution is -2.27. The summed E-state index contributed by atoms with van der Waals surface area (Å²) in [7, 11) is 3.55. The first-order chi connectivity index (χ1) is 8.22. The van der Waals surface area contributed by atoms with Crippen molar-refractivity contribution in [2.75, 3.05) is 27.3 Å². The Kier molecular flexibility index (Phi) is 4.18. The number of fused-ring (bicyclic) bond motifs is 1. The normalized spacial score (nSPS) is 13.8. The second-order valence-electron chi connectivity index (χ2n) is 4.49. The van der Waals surface area contributed by atoms with Gasteiger partial charge in [-0.3, -0.25) is 4.79 Å². The summed E-state index contributed by atoms with van der Waals surface area (Å²) in [5.74, 6) is 0.153. The van der Waals surface area contributed by atoms with Crippen LogP contribution in [0, 0.1) is 0 Å². The number of carbonyl (C=O) groups is 1. The molecule has 2 rings (SSSR count). The van der Waals surface area contributed by atoms with Crippen LogP contribution in [0.15, 0.2) is 6.07 Å². The Balaban J connectivity index is 1.94. The third kappa shape index (κ3) is 2.87. The molecule has 0 fully saturated rings. The fourth-order valence-corrected chi connectivity index (χ4v) is 3.42. The summed E-state index contributed by atoms with van der Waals surface area (Å²) in [4.78, 5) is 16.2. The lowest BCUT2D eigenvalue weighted by Gasteiger charge is -2.15. The summed E-state index contributed by atoms with van der Waals surface area (Å²) in [6.07, 6.45) is 4.44. The summed E-state index contributed by atoms with van der Waals surface area (Å²) in [5, 5.41) is 0. The molecule has 0 unspecified atom stereocenters. The second-order valence-corrected chi connectivity index (χ2v) is 5.62. The van der Waals surface area contributed by atoms with Crippen LogP contribution in [0.1, 0.15) is 33.0 Å². The summed E-state index contributed by atoms with van der Waals surface area (Å²) >= 11 is 1.68. The van der Waals surface area contributed by atoms with Crippen molar-refractivity contribution >= 4 is 17.2 Å². The molecule has 1 aliphatic rings. The van der Waals surface area contributed by atoms with Gasteiger partial charge < -0.3 is 9.64 Å². The standard InChI is InChI=1S/C13H19NO2S/c1-14(7-4-8-16-2)13(15)12-9-10-5-3-6-11(10)17-12/h9H,3-8H2,1-2H3. The third-order valence-electron chi connectivity index (χ3n) is 3.15. The second kappa shape index (κ2) is 5.65. The van der Waals surface area contributed by atoms with E-state index in [9.17, 15) is 4.79 Å². The highest BCUT2D eigenvalue weighted by Crippen LogP contribution is 2.31. The number of amides is 1. The predicted octanol–water partition coefficient (Wildman–Crippen LogP) is 2.35. The Morgan fingerprint density at radius 1 is 1.53 bits per heavy atom. The Labute approximate surface area is 106 Å². The molecule has 17 heavy (non-hydrogen) atoms. The van der Waals surface area contributed by atoms with Crippen LogP contribution in [0.5, 0.6) is 0 Å². The van der Waals surface area contributed by atoms with Crippen LogP contribution in [-0.4, -0.2) is 38.1 Å². The van der Waals surface area contributed by atoms with E-state index < -0.39 is 0 Å². The molecule has 1 aliphatic carbocycles. The van der Waals surface area contributed by atoms with Crippen molar-refractivity contribution in [1.82, 2.24) is 4.90 Å². The Morgan fingerprint density at radius 3 is 3.06 bits per heavy atom. The van der Waals surface area contributed by atoms with E-state index in [4.69, 9.17) is 4.74 Å². The number of thiophene rings is 1. The van der Waals surface area contributed by atoms with E-state index >= 15 is 0 Å². The SMILES string of the molecule is COCCCN(C)C(=O)c1cc2c(s1)CCC2. The van der Waals surface area contributed by atoms with Gasteiger partial charge in [0.05, 0.1) is 4.88 Å². The predicted molar refractivity (Wildman–Crippen MR) is 69.8 cm³/mol. The van der Waals surface area contributed by atoms with Gasteiger partial charge in [-0.15, -0.1) is 11.3 Å². The van der Waals surface area contributed by atoms with Crippen molar-refractivity contribution in [1.29, 1.82) is 0 Å². The maximum atomic E-state index is 12.1. The number of nitrogens with zero attached hydrogens (tertiary/aromatic N) is 1. The Bertz CT molecular complexity index is 379. The highest BCUT2D eigenvalue weighted by atomic mass is 32.1. The first kappa shape index (κ1) is 12.6. The number of aryl methyl sites for hydroxylation is 2. The molecule has 1 aromatic heterocycles. The fourth-order valence-electron chi connectivity index (χ4n) is 2.17. The van der Waals surface area contributed by atoms with Crippen LogP contribution in [0.25, 0.3) is 0 Å². The van der Waals surface area contributed by atoms with Gasteiger partial charge in [-0.05, 0) is 37.3 Å². The van der Waals surface area contributed by atoms with E-state index in [0.717, 1.165) is 30.7 Å². The zero-order valence-corrected chi connectivity index (χ0v) is 11.3. The average molecular weight is 253 g/mol. The Hall–Kier alpha value is -0.870. The summed E-state index contributed by atoms with van der Waals surface area (Å²) in [6, 6.07) is 2.09. The molecule has 0 saturated heterocycles. The van der Waals surface area contributed by atoms with Crippen LogP contribution in [-0.2, 0) is 17.6 Å². The molecule has 0 atom stereocenters. The van der Waals surface area contributed by atoms with Crippen molar-refractivity contribution in [3.05, 3.63) is 21.4 Å². The minimum atomic E-state index is 0.153. The smallest absolute Gasteiger partial charge is 0.263 e. The highest BCUT2D eigenvalue weighted by Gasteiger charge is 2.20.